The molecule has 0 N–H and O–H groups in total. The zero-order valence-corrected chi connectivity index (χ0v) is 13.6. The molecule has 2 rings (SSSR count). The minimum absolute atomic E-state index is 0. The van der Waals surface area contributed by atoms with Crippen molar-refractivity contribution in [2.24, 2.45) is 4.99 Å². The van der Waals surface area contributed by atoms with E-state index >= 15 is 0 Å². The molecule has 0 bridgehead atoms. The van der Waals surface area contributed by atoms with Crippen molar-refractivity contribution in [3.63, 3.8) is 0 Å². The van der Waals surface area contributed by atoms with Gasteiger partial charge in [0.05, 0.1) is 5.70 Å². The molecule has 0 aromatic carbocycles. The summed E-state index contributed by atoms with van der Waals surface area (Å²) < 4.78 is 0. The Labute approximate surface area is 124 Å². The molecule has 1 heterocycles. The number of aliphatic imine (C=N–C) groups is 1. The quantitative estimate of drug-likeness (QED) is 0.433. The van der Waals surface area contributed by atoms with E-state index in [1.807, 2.05) is 6.21 Å². The molecule has 0 unspecified atom stereocenters. The van der Waals surface area contributed by atoms with Crippen molar-refractivity contribution < 1.29 is 51.0 Å². The molecule has 0 fully saturated rings. The van der Waals surface area contributed by atoms with Gasteiger partial charge in [-0.25, -0.2) is 0 Å². The van der Waals surface area contributed by atoms with Gasteiger partial charge in [-0.2, -0.15) is 0 Å². The van der Waals surface area contributed by atoms with Crippen molar-refractivity contribution in [2.75, 3.05) is 0 Å². The van der Waals surface area contributed by atoms with Crippen molar-refractivity contribution in [1.29, 1.82) is 0 Å². The van der Waals surface area contributed by atoms with Crippen LogP contribution in [0, 0.1) is 0 Å². The van der Waals surface area contributed by atoms with Gasteiger partial charge in [0.25, 0.3) is 0 Å². The number of hydrogen-bond donors (Lipinski definition) is 0. The molecule has 5 heteroatoms. The zero-order chi connectivity index (χ0) is 8.55. The third-order valence-corrected chi connectivity index (χ3v) is 2.76. The van der Waals surface area contributed by atoms with E-state index in [4.69, 9.17) is 0 Å². The maximum absolute atomic E-state index is 4.24. The van der Waals surface area contributed by atoms with Crippen LogP contribution in [0.2, 0.25) is 13.1 Å². The van der Waals surface area contributed by atoms with E-state index in [1.54, 1.807) is 0 Å². The van der Waals surface area contributed by atoms with Crippen molar-refractivity contribution in [1.82, 2.24) is 0 Å². The maximum atomic E-state index is 4.24. The van der Waals surface area contributed by atoms with Crippen molar-refractivity contribution in [2.45, 2.75) is 13.1 Å². The monoisotopic (exact) mass is 333 g/mol. The Bertz CT molecular complexity index is 377. The van der Waals surface area contributed by atoms with E-state index in [2.05, 4.69) is 42.0 Å². The van der Waals surface area contributed by atoms with E-state index < -0.39 is 0 Å². The van der Waals surface area contributed by atoms with Crippen LogP contribution in [-0.4, -0.2) is 20.3 Å². The van der Waals surface area contributed by atoms with Crippen molar-refractivity contribution in [3.05, 3.63) is 35.1 Å². The van der Waals surface area contributed by atoms with Gasteiger partial charge < -0.3 is 24.8 Å². The molecule has 0 aromatic rings. The first-order valence-electron chi connectivity index (χ1n) is 4.09. The Hall–Kier alpha value is 0.440. The van der Waals surface area contributed by atoms with Gasteiger partial charge in [0.15, 0.2) is 0 Å². The summed E-state index contributed by atoms with van der Waals surface area (Å²) in [6.45, 7) is 4.57. The van der Waals surface area contributed by atoms with Gasteiger partial charge in [-0.3, -0.25) is 4.99 Å². The number of fused-ring (bicyclic) bond motifs is 1. The van der Waals surface area contributed by atoms with Gasteiger partial charge in [-0.1, -0.05) is 18.8 Å². The molecular formula is C10H11Cl2NSiZr. The zero-order valence-electron chi connectivity index (χ0n) is 8.59. The fourth-order valence-corrected chi connectivity index (χ4v) is 2.23. The average Bonchev–Trinajstić information content (AvgIpc) is 2.43. The van der Waals surface area contributed by atoms with Gasteiger partial charge >= 0.3 is 26.2 Å². The Morgan fingerprint density at radius 2 is 1.87 bits per heavy atom. The SMILES string of the molecule is C[Si](C)=CC1=CC2=CC=NC2=C1.[Cl-].[Cl-].[Zr+2]. The summed E-state index contributed by atoms with van der Waals surface area (Å²) in [5, 5.41) is 0. The fraction of sp³-hybridized carbons (Fsp3) is 0.200. The summed E-state index contributed by atoms with van der Waals surface area (Å²) in [5.74, 6) is 0. The summed E-state index contributed by atoms with van der Waals surface area (Å²) >= 11 is 0. The van der Waals surface area contributed by atoms with Crippen molar-refractivity contribution >= 4 is 20.3 Å². The Morgan fingerprint density at radius 3 is 2.40 bits per heavy atom. The molecule has 15 heavy (non-hydrogen) atoms. The predicted molar refractivity (Wildman–Crippen MR) is 56.3 cm³/mol. The molecule has 1 aliphatic carbocycles. The first-order chi connectivity index (χ1) is 5.75. The van der Waals surface area contributed by atoms with E-state index in [0.29, 0.717) is 0 Å². The third-order valence-electron chi connectivity index (χ3n) is 1.84. The minimum atomic E-state index is -0.265. The molecule has 0 saturated heterocycles. The second-order valence-electron chi connectivity index (χ2n) is 3.30. The first kappa shape index (κ1) is 17.8. The summed E-state index contributed by atoms with van der Waals surface area (Å²) in [4.78, 5) is 4.24. The predicted octanol–water partition coefficient (Wildman–Crippen LogP) is -4.04. The average molecular weight is 335 g/mol. The van der Waals surface area contributed by atoms with Crippen LogP contribution in [0.25, 0.3) is 0 Å². The smallest absolute Gasteiger partial charge is 1.00 e. The molecule has 0 spiro atoms. The molecule has 1 nitrogen and oxygen atoms in total. The molecule has 0 aromatic heterocycles. The number of halogens is 2. The van der Waals surface area contributed by atoms with E-state index in [9.17, 15) is 0 Å². The largest absolute Gasteiger partial charge is 2.00 e. The summed E-state index contributed by atoms with van der Waals surface area (Å²) in [6, 6.07) is 0. The van der Waals surface area contributed by atoms with Crippen LogP contribution >= 0.6 is 0 Å². The molecule has 0 atom stereocenters. The topological polar surface area (TPSA) is 12.4 Å². The van der Waals surface area contributed by atoms with E-state index in [0.717, 1.165) is 5.70 Å². The molecule has 0 amide bonds. The number of nitrogens with zero attached hydrogens (tertiary/aromatic N) is 1. The fourth-order valence-electron chi connectivity index (χ4n) is 1.40. The normalized spacial score (nSPS) is 14.7. The molecular weight excluding hydrogens is 324 g/mol. The second-order valence-corrected chi connectivity index (χ2v) is 5.74. The Morgan fingerprint density at radius 1 is 1.20 bits per heavy atom. The van der Waals surface area contributed by atoms with Crippen LogP contribution in [0.3, 0.4) is 0 Å². The van der Waals surface area contributed by atoms with Crippen LogP contribution in [0.15, 0.2) is 40.1 Å². The summed E-state index contributed by atoms with van der Waals surface area (Å²) in [6.07, 6.45) is 8.29. The van der Waals surface area contributed by atoms with E-state index in [-0.39, 0.29) is 59.4 Å². The van der Waals surface area contributed by atoms with Gasteiger partial charge in [0, 0.05) is 20.2 Å². The number of hydrogen-bond acceptors (Lipinski definition) is 1. The molecule has 0 saturated carbocycles. The number of allylic oxidation sites excluding steroid dienone is 4. The standard InChI is InChI=1S/C10H11NSi.2ClH.Zr/c1-12(2)7-8-5-9-3-4-11-10(9)6-8;;;/h3-7H,1-2H3;2*1H;/q;;;+2/p-2. The second kappa shape index (κ2) is 7.67. The minimum Gasteiger partial charge on any atom is -1.00 e. The van der Waals surface area contributed by atoms with Gasteiger partial charge in [0.2, 0.25) is 0 Å². The molecule has 2 aliphatic rings. The van der Waals surface area contributed by atoms with Crippen LogP contribution in [0.1, 0.15) is 0 Å². The van der Waals surface area contributed by atoms with Gasteiger partial charge in [-0.05, 0) is 23.8 Å². The van der Waals surface area contributed by atoms with Crippen molar-refractivity contribution in [3.8, 4) is 0 Å². The van der Waals surface area contributed by atoms with Crippen LogP contribution < -0.4 is 24.8 Å². The van der Waals surface area contributed by atoms with Gasteiger partial charge in [0.1, 0.15) is 0 Å². The van der Waals surface area contributed by atoms with E-state index in [1.165, 1.54) is 11.1 Å². The van der Waals surface area contributed by atoms with Crippen LogP contribution in [0.5, 0.6) is 0 Å². The first-order valence-corrected chi connectivity index (χ1v) is 6.66. The maximum Gasteiger partial charge on any atom is 2.00 e. The van der Waals surface area contributed by atoms with Crippen LogP contribution in [0.4, 0.5) is 0 Å². The molecule has 0 radical (unpaired) electrons. The summed E-state index contributed by atoms with van der Waals surface area (Å²) in [5.41, 5.74) is 6.09. The number of rotatable bonds is 1. The summed E-state index contributed by atoms with van der Waals surface area (Å²) in [7, 11) is -0.265. The molecule has 78 valence electrons. The third kappa shape index (κ3) is 4.44. The Kier molecular flexibility index (Phi) is 9.11. The van der Waals surface area contributed by atoms with Crippen LogP contribution in [-0.2, 0) is 26.2 Å². The Balaban J connectivity index is 0. The molecule has 1 aliphatic heterocycles. The van der Waals surface area contributed by atoms with Gasteiger partial charge in [-0.15, -0.1) is 0 Å².